The third-order valence-electron chi connectivity index (χ3n) is 5.47. The van der Waals surface area contributed by atoms with E-state index in [0.29, 0.717) is 32.3 Å². The van der Waals surface area contributed by atoms with Crippen molar-refractivity contribution in [2.24, 2.45) is 5.92 Å². The molecule has 5 nitrogen and oxygen atoms in total. The molecule has 1 aliphatic rings. The second-order valence-electron chi connectivity index (χ2n) is 7.57. The minimum Gasteiger partial charge on any atom is -0.495 e. The summed E-state index contributed by atoms with van der Waals surface area (Å²) in [6.45, 7) is 2.22. The van der Waals surface area contributed by atoms with Gasteiger partial charge in [0.05, 0.1) is 22.7 Å². The Morgan fingerprint density at radius 3 is 2.90 bits per heavy atom. The van der Waals surface area contributed by atoms with Crippen molar-refractivity contribution in [2.75, 3.05) is 12.4 Å². The topological polar surface area (TPSA) is 74.2 Å². The number of rotatable bonds is 3. The molecule has 0 radical (unpaired) electrons. The molecule has 1 aliphatic carbocycles. The zero-order valence-corrected chi connectivity index (χ0v) is 20.3. The van der Waals surface area contributed by atoms with Crippen LogP contribution in [0.25, 0.3) is 10.8 Å². The van der Waals surface area contributed by atoms with Gasteiger partial charge in [-0.05, 0) is 75.7 Å². The van der Waals surface area contributed by atoms with E-state index in [1.54, 1.807) is 17.4 Å². The first-order valence-corrected chi connectivity index (χ1v) is 11.9. The van der Waals surface area contributed by atoms with Crippen molar-refractivity contribution in [1.82, 2.24) is 5.32 Å². The van der Waals surface area contributed by atoms with E-state index in [0.717, 1.165) is 35.6 Å². The second-order valence-corrected chi connectivity index (χ2v) is 9.87. The maximum absolute atomic E-state index is 13.0. The normalized spacial score (nSPS) is 15.1. The Labute approximate surface area is 198 Å². The minimum absolute atomic E-state index is 0.152. The van der Waals surface area contributed by atoms with Crippen molar-refractivity contribution in [2.45, 2.75) is 26.2 Å². The van der Waals surface area contributed by atoms with E-state index in [9.17, 15) is 10.1 Å². The first-order valence-electron chi connectivity index (χ1n) is 9.85. The summed E-state index contributed by atoms with van der Waals surface area (Å²) in [6, 6.07) is 11.8. The van der Waals surface area contributed by atoms with E-state index in [4.69, 9.17) is 17.0 Å². The van der Waals surface area contributed by atoms with Crippen molar-refractivity contribution in [3.05, 3.63) is 56.4 Å². The number of fused-ring (bicyclic) bond motifs is 2. The first kappa shape index (κ1) is 21.8. The van der Waals surface area contributed by atoms with E-state index < -0.39 is 0 Å². The molecule has 1 heterocycles. The predicted octanol–water partition coefficient (Wildman–Crippen LogP) is 5.80. The summed E-state index contributed by atoms with van der Waals surface area (Å²) in [4.78, 5) is 14.2. The van der Waals surface area contributed by atoms with Crippen molar-refractivity contribution in [3.63, 3.8) is 0 Å². The van der Waals surface area contributed by atoms with Crippen molar-refractivity contribution in [3.8, 4) is 11.8 Å². The van der Waals surface area contributed by atoms with Crippen LogP contribution in [0, 0.1) is 17.2 Å². The highest BCUT2D eigenvalue weighted by Crippen LogP contribution is 2.39. The standard InChI is InChI=1S/C23H20BrN3O2S2/c1-12-7-8-15-17(11-25)22(31-18(15)9-12)27-23(30)26-21(28)16-10-13-5-3-4-6-14(13)19(24)20(16)29-2/h3-6,10,12H,7-9H2,1-2H3,(H2,26,27,28,30). The molecule has 0 saturated heterocycles. The Kier molecular flexibility index (Phi) is 6.28. The van der Waals surface area contributed by atoms with Gasteiger partial charge in [-0.3, -0.25) is 10.1 Å². The van der Waals surface area contributed by atoms with Gasteiger partial charge in [0.15, 0.2) is 5.11 Å². The summed E-state index contributed by atoms with van der Waals surface area (Å²) >= 11 is 10.5. The predicted molar refractivity (Wildman–Crippen MR) is 132 cm³/mol. The molecule has 0 spiro atoms. The number of nitriles is 1. The molecule has 4 rings (SSSR count). The fourth-order valence-corrected chi connectivity index (χ4v) is 6.28. The number of hydrogen-bond donors (Lipinski definition) is 2. The number of nitrogens with one attached hydrogen (secondary N) is 2. The van der Waals surface area contributed by atoms with Gasteiger partial charge in [-0.1, -0.05) is 31.2 Å². The minimum atomic E-state index is -0.380. The number of carbonyl (C=O) groups is 1. The Morgan fingerprint density at radius 2 is 2.16 bits per heavy atom. The molecule has 0 fully saturated rings. The van der Waals surface area contributed by atoms with Gasteiger partial charge in [0.25, 0.3) is 5.91 Å². The zero-order valence-electron chi connectivity index (χ0n) is 17.0. The van der Waals surface area contributed by atoms with E-state index in [1.807, 2.05) is 24.3 Å². The monoisotopic (exact) mass is 513 g/mol. The van der Waals surface area contributed by atoms with Crippen LogP contribution in [0.4, 0.5) is 5.00 Å². The molecule has 31 heavy (non-hydrogen) atoms. The van der Waals surface area contributed by atoms with Gasteiger partial charge in [0.2, 0.25) is 0 Å². The van der Waals surface area contributed by atoms with E-state index in [1.165, 1.54) is 12.0 Å². The lowest BCUT2D eigenvalue weighted by molar-refractivity contribution is 0.0975. The van der Waals surface area contributed by atoms with E-state index >= 15 is 0 Å². The molecule has 1 atom stereocenters. The fraction of sp³-hybridized carbons (Fsp3) is 0.261. The molecule has 1 amide bonds. The summed E-state index contributed by atoms with van der Waals surface area (Å²) < 4.78 is 6.21. The maximum atomic E-state index is 13.0. The number of halogens is 1. The quantitative estimate of drug-likeness (QED) is 0.433. The molecular weight excluding hydrogens is 494 g/mol. The smallest absolute Gasteiger partial charge is 0.261 e. The van der Waals surface area contributed by atoms with Crippen molar-refractivity contribution < 1.29 is 9.53 Å². The molecule has 1 unspecified atom stereocenters. The molecule has 0 bridgehead atoms. The van der Waals surface area contributed by atoms with Crippen LogP contribution in [-0.4, -0.2) is 18.1 Å². The van der Waals surface area contributed by atoms with Gasteiger partial charge < -0.3 is 10.1 Å². The number of methoxy groups -OCH3 is 1. The molecule has 0 aliphatic heterocycles. The number of ether oxygens (including phenoxy) is 1. The zero-order chi connectivity index (χ0) is 22.1. The Hall–Kier alpha value is -2.47. The highest BCUT2D eigenvalue weighted by atomic mass is 79.9. The van der Waals surface area contributed by atoms with Crippen molar-refractivity contribution in [1.29, 1.82) is 5.26 Å². The van der Waals surface area contributed by atoms with Gasteiger partial charge in [0, 0.05) is 4.88 Å². The van der Waals surface area contributed by atoms with Crippen LogP contribution in [0.15, 0.2) is 34.8 Å². The van der Waals surface area contributed by atoms with E-state index in [-0.39, 0.29) is 11.0 Å². The van der Waals surface area contributed by atoms with Crippen LogP contribution >= 0.6 is 39.5 Å². The van der Waals surface area contributed by atoms with Crippen LogP contribution in [-0.2, 0) is 12.8 Å². The molecule has 8 heteroatoms. The van der Waals surface area contributed by atoms with Gasteiger partial charge in [-0.2, -0.15) is 5.26 Å². The summed E-state index contributed by atoms with van der Waals surface area (Å²) in [7, 11) is 1.53. The van der Waals surface area contributed by atoms with Crippen LogP contribution in [0.5, 0.6) is 5.75 Å². The first-order chi connectivity index (χ1) is 14.9. The number of nitrogens with zero attached hydrogens (tertiary/aromatic N) is 1. The van der Waals surface area contributed by atoms with Crippen LogP contribution in [0.2, 0.25) is 0 Å². The number of hydrogen-bond acceptors (Lipinski definition) is 5. The highest BCUT2D eigenvalue weighted by molar-refractivity contribution is 9.10. The Morgan fingerprint density at radius 1 is 1.39 bits per heavy atom. The number of anilines is 1. The Bertz CT molecular complexity index is 1250. The summed E-state index contributed by atoms with van der Waals surface area (Å²) in [6.07, 6.45) is 2.95. The molecular formula is C23H20BrN3O2S2. The van der Waals surface area contributed by atoms with E-state index in [2.05, 4.69) is 39.6 Å². The van der Waals surface area contributed by atoms with Gasteiger partial charge in [-0.25, -0.2) is 0 Å². The van der Waals surface area contributed by atoms with Crippen molar-refractivity contribution >= 4 is 66.3 Å². The van der Waals surface area contributed by atoms with Gasteiger partial charge >= 0.3 is 0 Å². The van der Waals surface area contributed by atoms with Crippen LogP contribution in [0.3, 0.4) is 0 Å². The SMILES string of the molecule is COc1c(C(=O)NC(=S)Nc2sc3c(c2C#N)CCC(C)C3)cc2ccccc2c1Br. The lowest BCUT2D eigenvalue weighted by Gasteiger charge is -2.17. The number of benzene rings is 2. The van der Waals surface area contributed by atoms with Crippen LogP contribution < -0.4 is 15.4 Å². The maximum Gasteiger partial charge on any atom is 0.261 e. The molecule has 1 aromatic heterocycles. The number of carbonyl (C=O) groups excluding carboxylic acids is 1. The van der Waals surface area contributed by atoms with Gasteiger partial charge in [0.1, 0.15) is 16.8 Å². The third-order valence-corrected chi connectivity index (χ3v) is 7.63. The molecule has 2 N–H and O–H groups in total. The number of amides is 1. The summed E-state index contributed by atoms with van der Waals surface area (Å²) in [5, 5.41) is 18.2. The lowest BCUT2D eigenvalue weighted by Crippen LogP contribution is -2.34. The fourth-order valence-electron chi connectivity index (χ4n) is 3.91. The van der Waals surface area contributed by atoms with Gasteiger partial charge in [-0.15, -0.1) is 11.3 Å². The average molecular weight is 514 g/mol. The third kappa shape index (κ3) is 4.18. The highest BCUT2D eigenvalue weighted by Gasteiger charge is 2.25. The molecule has 0 saturated carbocycles. The number of thiophene rings is 1. The molecule has 2 aromatic carbocycles. The van der Waals surface area contributed by atoms with Crippen LogP contribution in [0.1, 0.15) is 39.7 Å². The number of thiocarbonyl (C=S) groups is 1. The lowest BCUT2D eigenvalue weighted by atomic mass is 9.89. The second kappa shape index (κ2) is 8.95. The summed E-state index contributed by atoms with van der Waals surface area (Å²) in [5.41, 5.74) is 2.12. The molecule has 3 aromatic rings. The Balaban J connectivity index is 1.58. The summed E-state index contributed by atoms with van der Waals surface area (Å²) in [5.74, 6) is 0.669. The average Bonchev–Trinajstić information content (AvgIpc) is 3.09. The largest absolute Gasteiger partial charge is 0.495 e. The molecule has 158 valence electrons.